The zero-order chi connectivity index (χ0) is 23.4. The molecule has 0 bridgehead atoms. The topological polar surface area (TPSA) is 161 Å². The predicted octanol–water partition coefficient (Wildman–Crippen LogP) is -0.588. The average molecular weight is 433 g/mol. The molecule has 1 amide bonds. The lowest BCUT2D eigenvalue weighted by Gasteiger charge is -2.36. The summed E-state index contributed by atoms with van der Waals surface area (Å²) in [6, 6.07) is -1.32. The van der Waals surface area contributed by atoms with E-state index in [1.54, 1.807) is 0 Å². The molecule has 4 unspecified atom stereocenters. The minimum Gasteiger partial charge on any atom is -0.462 e. The second-order valence-corrected chi connectivity index (χ2v) is 6.20. The van der Waals surface area contributed by atoms with Crippen molar-refractivity contribution < 1.29 is 52.5 Å². The molecule has 0 aliphatic carbocycles. The number of amides is 1. The van der Waals surface area contributed by atoms with Crippen LogP contribution in [-0.4, -0.2) is 73.3 Å². The van der Waals surface area contributed by atoms with Crippen molar-refractivity contribution in [2.45, 2.75) is 65.9 Å². The monoisotopic (exact) mass is 433 g/mol. The molecule has 0 radical (unpaired) electrons. The van der Waals surface area contributed by atoms with Gasteiger partial charge in [-0.1, -0.05) is 0 Å². The van der Waals surface area contributed by atoms with Gasteiger partial charge in [-0.3, -0.25) is 28.8 Å². The van der Waals surface area contributed by atoms with E-state index in [9.17, 15) is 28.8 Å². The van der Waals surface area contributed by atoms with Crippen LogP contribution in [0.2, 0.25) is 0 Å². The van der Waals surface area contributed by atoms with E-state index in [1.165, 1.54) is 0 Å². The summed E-state index contributed by atoms with van der Waals surface area (Å²) in [5.74, 6) is -4.44. The Kier molecular flexibility index (Phi) is 11.7. The highest BCUT2D eigenvalue weighted by atomic mass is 16.6. The first-order chi connectivity index (χ1) is 13.8. The molecule has 12 nitrogen and oxygen atoms in total. The maximum atomic E-state index is 11.8. The lowest BCUT2D eigenvalue weighted by Crippen LogP contribution is -2.59. The van der Waals surface area contributed by atoms with Crippen LogP contribution in [0.5, 0.6) is 0 Å². The molecule has 4 atom stereocenters. The Bertz CT molecular complexity index is 605. The van der Waals surface area contributed by atoms with E-state index in [2.05, 4.69) is 5.32 Å². The molecular formula is C18H27NO11. The van der Waals surface area contributed by atoms with Crippen molar-refractivity contribution >= 4 is 35.8 Å². The smallest absolute Gasteiger partial charge is 0.303 e. The van der Waals surface area contributed by atoms with Crippen molar-refractivity contribution in [1.29, 1.82) is 0 Å². The number of carbonyl (C=O) groups is 6. The highest BCUT2D eigenvalue weighted by molar-refractivity contribution is 5.74. The van der Waals surface area contributed by atoms with Crippen LogP contribution in [0, 0.1) is 0 Å². The van der Waals surface area contributed by atoms with Crippen LogP contribution in [0.3, 0.4) is 0 Å². The number of rotatable bonds is 11. The molecule has 0 spiro atoms. The average Bonchev–Trinajstić information content (AvgIpc) is 2.57. The summed E-state index contributed by atoms with van der Waals surface area (Å²) in [5.41, 5.74) is 0. The molecule has 0 saturated carbocycles. The molecule has 0 rings (SSSR count). The fourth-order valence-corrected chi connectivity index (χ4v) is 2.43. The molecule has 0 aromatic carbocycles. The molecule has 0 aromatic heterocycles. The fraction of sp³-hybridized carbons (Fsp3) is 0.667. The Balaban J connectivity index is 6.19. The third kappa shape index (κ3) is 11.6. The molecule has 0 fully saturated rings. The van der Waals surface area contributed by atoms with Gasteiger partial charge in [0.1, 0.15) is 19.3 Å². The van der Waals surface area contributed by atoms with Crippen molar-refractivity contribution in [2.75, 3.05) is 13.2 Å². The van der Waals surface area contributed by atoms with E-state index in [1.807, 2.05) is 0 Å². The quantitative estimate of drug-likeness (QED) is 0.327. The van der Waals surface area contributed by atoms with Crippen LogP contribution in [0.25, 0.3) is 0 Å². The largest absolute Gasteiger partial charge is 0.462 e. The van der Waals surface area contributed by atoms with E-state index < -0.39 is 73.3 Å². The molecule has 0 heterocycles. The molecule has 12 heteroatoms. The second-order valence-electron chi connectivity index (χ2n) is 6.20. The summed E-state index contributed by atoms with van der Waals surface area (Å²) in [7, 11) is 0. The number of hydrogen-bond acceptors (Lipinski definition) is 11. The fourth-order valence-electron chi connectivity index (χ4n) is 2.43. The van der Waals surface area contributed by atoms with Crippen LogP contribution >= 0.6 is 0 Å². The predicted molar refractivity (Wildman–Crippen MR) is 97.5 cm³/mol. The van der Waals surface area contributed by atoms with E-state index in [-0.39, 0.29) is 0 Å². The van der Waals surface area contributed by atoms with Gasteiger partial charge in [0.05, 0.1) is 0 Å². The van der Waals surface area contributed by atoms with Gasteiger partial charge in [-0.25, -0.2) is 0 Å². The number of hydrogen-bond donors (Lipinski definition) is 1. The molecule has 170 valence electrons. The highest BCUT2D eigenvalue weighted by Crippen LogP contribution is 2.17. The second kappa shape index (κ2) is 13.1. The van der Waals surface area contributed by atoms with Gasteiger partial charge in [-0.05, 0) is 0 Å². The molecular weight excluding hydrogens is 406 g/mol. The number of esters is 5. The molecule has 0 aliphatic heterocycles. The zero-order valence-electron chi connectivity index (χ0n) is 17.7. The van der Waals surface area contributed by atoms with Crippen molar-refractivity contribution in [3.05, 3.63) is 0 Å². The van der Waals surface area contributed by atoms with Gasteiger partial charge in [0.2, 0.25) is 5.91 Å². The Hall–Kier alpha value is -3.18. The summed E-state index contributed by atoms with van der Waals surface area (Å²) >= 11 is 0. The first kappa shape index (κ1) is 26.8. The Morgan fingerprint density at radius 2 is 1.00 bits per heavy atom. The first-order valence-corrected chi connectivity index (χ1v) is 8.88. The molecule has 0 saturated heterocycles. The first-order valence-electron chi connectivity index (χ1n) is 8.88. The Labute approximate surface area is 173 Å². The lowest BCUT2D eigenvalue weighted by atomic mass is 9.99. The minimum absolute atomic E-state index is 0.502. The summed E-state index contributed by atoms with van der Waals surface area (Å²) in [6.07, 6.45) is -4.16. The third-order valence-corrected chi connectivity index (χ3v) is 3.33. The van der Waals surface area contributed by atoms with Gasteiger partial charge in [-0.15, -0.1) is 0 Å². The van der Waals surface area contributed by atoms with Crippen molar-refractivity contribution in [2.24, 2.45) is 0 Å². The number of ether oxygens (including phenoxy) is 5. The molecule has 0 aliphatic rings. The Morgan fingerprint density at radius 1 is 0.600 bits per heavy atom. The van der Waals surface area contributed by atoms with Gasteiger partial charge in [0.25, 0.3) is 0 Å². The van der Waals surface area contributed by atoms with Crippen molar-refractivity contribution in [3.8, 4) is 0 Å². The van der Waals surface area contributed by atoms with Crippen LogP contribution < -0.4 is 5.32 Å². The van der Waals surface area contributed by atoms with Crippen molar-refractivity contribution in [3.63, 3.8) is 0 Å². The maximum Gasteiger partial charge on any atom is 0.303 e. The van der Waals surface area contributed by atoms with E-state index >= 15 is 0 Å². The Morgan fingerprint density at radius 3 is 1.37 bits per heavy atom. The summed E-state index contributed by atoms with van der Waals surface area (Å²) in [5, 5.41) is 2.44. The molecule has 0 aromatic rings. The third-order valence-electron chi connectivity index (χ3n) is 3.33. The van der Waals surface area contributed by atoms with E-state index in [0.717, 1.165) is 41.5 Å². The van der Waals surface area contributed by atoms with Gasteiger partial charge in [0.15, 0.2) is 18.3 Å². The summed E-state index contributed by atoms with van der Waals surface area (Å²) in [4.78, 5) is 69.0. The summed E-state index contributed by atoms with van der Waals surface area (Å²) < 4.78 is 25.2. The van der Waals surface area contributed by atoms with E-state index in [0.29, 0.717) is 0 Å². The van der Waals surface area contributed by atoms with Crippen LogP contribution in [0.4, 0.5) is 0 Å². The summed E-state index contributed by atoms with van der Waals surface area (Å²) in [6.45, 7) is 5.55. The van der Waals surface area contributed by atoms with Gasteiger partial charge >= 0.3 is 29.8 Å². The van der Waals surface area contributed by atoms with Crippen LogP contribution in [-0.2, 0) is 52.5 Å². The molecule has 30 heavy (non-hydrogen) atoms. The lowest BCUT2D eigenvalue weighted by molar-refractivity contribution is -0.183. The molecule has 1 N–H and O–H groups in total. The van der Waals surface area contributed by atoms with Gasteiger partial charge in [-0.2, -0.15) is 0 Å². The van der Waals surface area contributed by atoms with Gasteiger partial charge < -0.3 is 29.0 Å². The number of carbonyl (C=O) groups excluding carboxylic acids is 6. The van der Waals surface area contributed by atoms with Gasteiger partial charge in [0, 0.05) is 41.5 Å². The SMILES string of the molecule is CC(=O)NC(C(COC(C)=O)OC(C)=O)C(OC(C)=O)C(COC(C)=O)OC(C)=O. The van der Waals surface area contributed by atoms with Crippen LogP contribution in [0.15, 0.2) is 0 Å². The zero-order valence-corrected chi connectivity index (χ0v) is 17.7. The maximum absolute atomic E-state index is 11.8. The standard InChI is InChI=1S/C18H27NO11/c1-9(20)19-17(15(28-12(4)23)7-26-10(2)21)18(30-14(6)25)16(29-13(5)24)8-27-11(3)22/h15-18H,7-8H2,1-6H3,(H,19,20). The van der Waals surface area contributed by atoms with Crippen molar-refractivity contribution in [1.82, 2.24) is 5.32 Å². The van der Waals surface area contributed by atoms with E-state index in [4.69, 9.17) is 23.7 Å². The highest BCUT2D eigenvalue weighted by Gasteiger charge is 2.42. The number of nitrogens with one attached hydrogen (secondary N) is 1. The minimum atomic E-state index is -1.46. The normalized spacial score (nSPS) is 14.2. The van der Waals surface area contributed by atoms with Crippen LogP contribution in [0.1, 0.15) is 41.5 Å².